The van der Waals surface area contributed by atoms with Crippen LogP contribution in [-0.4, -0.2) is 23.3 Å². The van der Waals surface area contributed by atoms with Crippen molar-refractivity contribution in [2.45, 2.75) is 13.0 Å². The molecule has 1 N–H and O–H groups in total. The number of nitrogens with zero attached hydrogens (tertiary/aromatic N) is 1. The lowest BCUT2D eigenvalue weighted by atomic mass is 10.1. The van der Waals surface area contributed by atoms with Crippen molar-refractivity contribution in [2.75, 3.05) is 11.9 Å². The van der Waals surface area contributed by atoms with E-state index >= 15 is 0 Å². The molecular weight excluding hydrogens is 392 g/mol. The maximum atomic E-state index is 12.4. The van der Waals surface area contributed by atoms with Crippen LogP contribution in [0.1, 0.15) is 12.0 Å². The number of carbonyl (C=O) groups is 2. The molecule has 1 heterocycles. The number of amides is 2. The summed E-state index contributed by atoms with van der Waals surface area (Å²) in [4.78, 5) is 26.3. The number of benzene rings is 2. The maximum absolute atomic E-state index is 12.4. The van der Waals surface area contributed by atoms with Gasteiger partial charge in [-0.15, -0.1) is 0 Å². The average Bonchev–Trinajstić information content (AvgIpc) is 2.93. The van der Waals surface area contributed by atoms with Crippen molar-refractivity contribution in [1.29, 1.82) is 0 Å². The van der Waals surface area contributed by atoms with E-state index in [1.807, 2.05) is 30.3 Å². The molecule has 0 bridgehead atoms. The fourth-order valence-electron chi connectivity index (χ4n) is 2.72. The molecule has 1 atom stereocenters. The summed E-state index contributed by atoms with van der Waals surface area (Å²) < 4.78 is 0.771. The summed E-state index contributed by atoms with van der Waals surface area (Å²) in [6.07, 6.45) is 0.239. The molecule has 0 radical (unpaired) electrons. The van der Waals surface area contributed by atoms with Gasteiger partial charge in [0.05, 0.1) is 10.9 Å². The molecule has 0 unspecified atom stereocenters. The molecule has 0 saturated carbocycles. The van der Waals surface area contributed by atoms with Crippen molar-refractivity contribution in [3.05, 3.63) is 63.6 Å². The van der Waals surface area contributed by atoms with Gasteiger partial charge in [-0.1, -0.05) is 41.9 Å². The van der Waals surface area contributed by atoms with E-state index in [0.717, 1.165) is 10.0 Å². The quantitative estimate of drug-likeness (QED) is 0.830. The third-order valence-corrected chi connectivity index (χ3v) is 5.22. The number of halogens is 2. The van der Waals surface area contributed by atoms with Gasteiger partial charge in [0.2, 0.25) is 11.8 Å². The van der Waals surface area contributed by atoms with E-state index in [4.69, 9.17) is 11.6 Å². The van der Waals surface area contributed by atoms with Gasteiger partial charge in [-0.3, -0.25) is 9.59 Å². The summed E-state index contributed by atoms with van der Waals surface area (Å²) in [5.74, 6) is -0.492. The van der Waals surface area contributed by atoms with Gasteiger partial charge in [-0.05, 0) is 39.7 Å². The second-order valence-corrected chi connectivity index (χ2v) is 7.04. The number of nitrogens with one attached hydrogen (secondary N) is 1. The molecule has 0 aliphatic carbocycles. The van der Waals surface area contributed by atoms with E-state index in [0.29, 0.717) is 23.8 Å². The van der Waals surface area contributed by atoms with Crippen LogP contribution < -0.4 is 5.32 Å². The highest BCUT2D eigenvalue weighted by Crippen LogP contribution is 2.27. The van der Waals surface area contributed by atoms with E-state index in [9.17, 15) is 9.59 Å². The Morgan fingerprint density at radius 3 is 2.71 bits per heavy atom. The number of rotatable bonds is 4. The number of hydrogen-bond donors (Lipinski definition) is 1. The Labute approximate surface area is 153 Å². The highest BCUT2D eigenvalue weighted by atomic mass is 79.9. The number of likely N-dealkylation sites (tertiary alicyclic amines) is 1. The molecule has 2 aromatic carbocycles. The highest BCUT2D eigenvalue weighted by Gasteiger charge is 2.34. The van der Waals surface area contributed by atoms with Crippen molar-refractivity contribution in [3.63, 3.8) is 0 Å². The van der Waals surface area contributed by atoms with Crippen LogP contribution in [0, 0.1) is 5.92 Å². The van der Waals surface area contributed by atoms with Crippen LogP contribution in [0.25, 0.3) is 0 Å². The van der Waals surface area contributed by atoms with Gasteiger partial charge in [-0.2, -0.15) is 0 Å². The summed E-state index contributed by atoms with van der Waals surface area (Å²) in [6.45, 7) is 0.970. The molecule has 1 aliphatic heterocycles. The fraction of sp³-hybridized carbons (Fsp3) is 0.222. The first-order valence-corrected chi connectivity index (χ1v) is 8.77. The van der Waals surface area contributed by atoms with E-state index in [2.05, 4.69) is 21.2 Å². The minimum absolute atomic E-state index is 0.00726. The molecule has 24 heavy (non-hydrogen) atoms. The predicted molar refractivity (Wildman–Crippen MR) is 97.7 cm³/mol. The molecule has 2 amide bonds. The topological polar surface area (TPSA) is 49.4 Å². The van der Waals surface area contributed by atoms with Gasteiger partial charge in [0.15, 0.2) is 0 Å². The molecule has 4 nitrogen and oxygen atoms in total. The average molecular weight is 408 g/mol. The Bertz CT molecular complexity index is 767. The standard InChI is InChI=1S/C18H16BrClN2O2/c19-15-7-6-14(9-16(15)20)21-18(24)13-8-17(23)22(11-13)10-12-4-2-1-3-5-12/h1-7,9,13H,8,10-11H2,(H,21,24)/t13-/m1/s1. The van der Waals surface area contributed by atoms with Crippen molar-refractivity contribution in [1.82, 2.24) is 4.90 Å². The van der Waals surface area contributed by atoms with Crippen LogP contribution in [-0.2, 0) is 16.1 Å². The lowest BCUT2D eigenvalue weighted by Crippen LogP contribution is -2.28. The van der Waals surface area contributed by atoms with Crippen LogP contribution in [0.4, 0.5) is 5.69 Å². The van der Waals surface area contributed by atoms with Gasteiger partial charge < -0.3 is 10.2 Å². The van der Waals surface area contributed by atoms with E-state index in [-0.39, 0.29) is 24.2 Å². The molecule has 124 valence electrons. The smallest absolute Gasteiger partial charge is 0.229 e. The van der Waals surface area contributed by atoms with Gasteiger partial charge in [0.1, 0.15) is 0 Å². The van der Waals surface area contributed by atoms with Crippen molar-refractivity contribution in [2.24, 2.45) is 5.92 Å². The molecule has 6 heteroatoms. The zero-order valence-corrected chi connectivity index (χ0v) is 15.2. The zero-order valence-electron chi connectivity index (χ0n) is 12.8. The maximum Gasteiger partial charge on any atom is 0.229 e. The van der Waals surface area contributed by atoms with Gasteiger partial charge in [0.25, 0.3) is 0 Å². The molecule has 1 aliphatic rings. The highest BCUT2D eigenvalue weighted by molar-refractivity contribution is 9.10. The molecule has 3 rings (SSSR count). The first kappa shape index (κ1) is 17.0. The van der Waals surface area contributed by atoms with Crippen molar-refractivity contribution < 1.29 is 9.59 Å². The molecule has 1 fully saturated rings. The Balaban J connectivity index is 1.62. The van der Waals surface area contributed by atoms with Crippen LogP contribution in [0.3, 0.4) is 0 Å². The van der Waals surface area contributed by atoms with Crippen molar-refractivity contribution in [3.8, 4) is 0 Å². The number of anilines is 1. The second-order valence-electron chi connectivity index (χ2n) is 5.78. The second kappa shape index (κ2) is 7.36. The molecule has 1 saturated heterocycles. The Kier molecular flexibility index (Phi) is 5.21. The molecule has 0 spiro atoms. The van der Waals surface area contributed by atoms with E-state index in [1.54, 1.807) is 23.1 Å². The fourth-order valence-corrected chi connectivity index (χ4v) is 3.15. The molecular formula is C18H16BrClN2O2. The minimum atomic E-state index is -0.344. The third kappa shape index (κ3) is 3.97. The Morgan fingerprint density at radius 1 is 1.25 bits per heavy atom. The summed E-state index contributed by atoms with van der Waals surface area (Å²) in [5, 5.41) is 3.36. The van der Waals surface area contributed by atoms with Crippen molar-refractivity contribution >= 4 is 45.0 Å². The molecule has 2 aromatic rings. The Hall–Kier alpha value is -1.85. The minimum Gasteiger partial charge on any atom is -0.338 e. The SMILES string of the molecule is O=C(Nc1ccc(Br)c(Cl)c1)[C@@H]1CC(=O)N(Cc2ccccc2)C1. The lowest BCUT2D eigenvalue weighted by molar-refractivity contribution is -0.128. The first-order valence-electron chi connectivity index (χ1n) is 7.60. The first-order chi connectivity index (χ1) is 11.5. The number of hydrogen-bond acceptors (Lipinski definition) is 2. The van der Waals surface area contributed by atoms with Crippen LogP contribution >= 0.6 is 27.5 Å². The Morgan fingerprint density at radius 2 is 2.00 bits per heavy atom. The van der Waals surface area contributed by atoms with Gasteiger partial charge >= 0.3 is 0 Å². The lowest BCUT2D eigenvalue weighted by Gasteiger charge is -2.16. The third-order valence-electron chi connectivity index (χ3n) is 3.99. The van der Waals surface area contributed by atoms with Gasteiger partial charge in [-0.25, -0.2) is 0 Å². The number of carbonyl (C=O) groups excluding carboxylic acids is 2. The van der Waals surface area contributed by atoms with Crippen LogP contribution in [0.5, 0.6) is 0 Å². The molecule has 0 aromatic heterocycles. The summed E-state index contributed by atoms with van der Waals surface area (Å²) in [5.41, 5.74) is 1.69. The van der Waals surface area contributed by atoms with Gasteiger partial charge in [0, 0.05) is 29.7 Å². The summed E-state index contributed by atoms with van der Waals surface area (Å²) in [6, 6.07) is 15.0. The van der Waals surface area contributed by atoms with E-state index < -0.39 is 0 Å². The summed E-state index contributed by atoms with van der Waals surface area (Å²) >= 11 is 9.35. The van der Waals surface area contributed by atoms with Crippen LogP contribution in [0.2, 0.25) is 5.02 Å². The monoisotopic (exact) mass is 406 g/mol. The zero-order chi connectivity index (χ0) is 17.1. The predicted octanol–water partition coefficient (Wildman–Crippen LogP) is 4.09. The van der Waals surface area contributed by atoms with E-state index in [1.165, 1.54) is 0 Å². The summed E-state index contributed by atoms with van der Waals surface area (Å²) in [7, 11) is 0. The normalized spacial score (nSPS) is 17.2. The largest absolute Gasteiger partial charge is 0.338 e. The van der Waals surface area contributed by atoms with Crippen LogP contribution in [0.15, 0.2) is 53.0 Å².